The molecule has 0 radical (unpaired) electrons. The fourth-order valence-electron chi connectivity index (χ4n) is 3.92. The molecular formula is C17H25N. The van der Waals surface area contributed by atoms with E-state index in [1.807, 2.05) is 0 Å². The fraction of sp³-hybridized carbons (Fsp3) is 0.647. The Labute approximate surface area is 111 Å². The summed E-state index contributed by atoms with van der Waals surface area (Å²) < 4.78 is 0. The van der Waals surface area contributed by atoms with Crippen molar-refractivity contribution in [3.63, 3.8) is 0 Å². The quantitative estimate of drug-likeness (QED) is 0.830. The lowest BCUT2D eigenvalue weighted by Crippen LogP contribution is -2.26. The molecular weight excluding hydrogens is 218 g/mol. The highest BCUT2D eigenvalue weighted by molar-refractivity contribution is 5.22. The summed E-state index contributed by atoms with van der Waals surface area (Å²) in [5, 5.41) is 3.67. The second kappa shape index (κ2) is 5.44. The van der Waals surface area contributed by atoms with E-state index < -0.39 is 0 Å². The van der Waals surface area contributed by atoms with Gasteiger partial charge in [0.2, 0.25) is 0 Å². The Morgan fingerprint density at radius 3 is 2.44 bits per heavy atom. The third-order valence-electron chi connectivity index (χ3n) is 5.05. The lowest BCUT2D eigenvalue weighted by atomic mass is 9.89. The number of hydrogen-bond donors (Lipinski definition) is 1. The molecule has 2 bridgehead atoms. The molecule has 0 aromatic heterocycles. The van der Waals surface area contributed by atoms with E-state index in [0.717, 1.165) is 30.7 Å². The maximum atomic E-state index is 3.67. The monoisotopic (exact) mass is 243 g/mol. The normalized spacial score (nSPS) is 29.9. The van der Waals surface area contributed by atoms with Crippen molar-refractivity contribution in [2.24, 2.45) is 17.8 Å². The molecule has 3 unspecified atom stereocenters. The first-order valence-corrected chi connectivity index (χ1v) is 7.63. The van der Waals surface area contributed by atoms with E-state index in [2.05, 4.69) is 36.5 Å². The van der Waals surface area contributed by atoms with Crippen LogP contribution in [0.5, 0.6) is 0 Å². The van der Waals surface area contributed by atoms with Gasteiger partial charge in [0.15, 0.2) is 0 Å². The predicted molar refractivity (Wildman–Crippen MR) is 76.5 cm³/mol. The summed E-state index contributed by atoms with van der Waals surface area (Å²) in [7, 11) is 0. The van der Waals surface area contributed by atoms with Crippen LogP contribution < -0.4 is 5.32 Å². The molecule has 2 aliphatic rings. The van der Waals surface area contributed by atoms with Crippen molar-refractivity contribution in [3.05, 3.63) is 35.4 Å². The molecule has 3 atom stereocenters. The minimum absolute atomic E-state index is 0.971. The summed E-state index contributed by atoms with van der Waals surface area (Å²) in [6.45, 7) is 4.48. The number of nitrogens with one attached hydrogen (secondary N) is 1. The van der Waals surface area contributed by atoms with Crippen LogP contribution >= 0.6 is 0 Å². The van der Waals surface area contributed by atoms with Gasteiger partial charge in [-0.25, -0.2) is 0 Å². The zero-order valence-corrected chi connectivity index (χ0v) is 11.5. The molecule has 1 heteroatoms. The standard InChI is InChI=1S/C17H25N/c1-2-13-3-5-14(6-4-13)11-18-12-17-10-15-7-8-16(17)9-15/h3-6,15-18H,2,7-12H2,1H3. The molecule has 2 saturated carbocycles. The van der Waals surface area contributed by atoms with Crippen LogP contribution in [0.4, 0.5) is 0 Å². The summed E-state index contributed by atoms with van der Waals surface area (Å²) in [6.07, 6.45) is 7.17. The molecule has 0 spiro atoms. The van der Waals surface area contributed by atoms with Crippen LogP contribution in [-0.4, -0.2) is 6.54 Å². The molecule has 18 heavy (non-hydrogen) atoms. The summed E-state index contributed by atoms with van der Waals surface area (Å²) in [6, 6.07) is 9.06. The number of fused-ring (bicyclic) bond motifs is 2. The third kappa shape index (κ3) is 2.61. The maximum Gasteiger partial charge on any atom is 0.0205 e. The van der Waals surface area contributed by atoms with E-state index in [0.29, 0.717) is 0 Å². The minimum Gasteiger partial charge on any atom is -0.312 e. The summed E-state index contributed by atoms with van der Waals surface area (Å²) >= 11 is 0. The zero-order chi connectivity index (χ0) is 12.4. The van der Waals surface area contributed by atoms with Gasteiger partial charge >= 0.3 is 0 Å². The molecule has 0 amide bonds. The van der Waals surface area contributed by atoms with Gasteiger partial charge in [0, 0.05) is 6.54 Å². The van der Waals surface area contributed by atoms with E-state index in [9.17, 15) is 0 Å². The van der Waals surface area contributed by atoms with Crippen LogP contribution in [0.1, 0.15) is 43.7 Å². The Balaban J connectivity index is 1.44. The van der Waals surface area contributed by atoms with E-state index in [1.54, 1.807) is 0 Å². The molecule has 1 aromatic rings. The third-order valence-corrected chi connectivity index (χ3v) is 5.05. The number of benzene rings is 1. The van der Waals surface area contributed by atoms with E-state index in [-0.39, 0.29) is 0 Å². The van der Waals surface area contributed by atoms with Crippen molar-refractivity contribution in [1.29, 1.82) is 0 Å². The van der Waals surface area contributed by atoms with Gasteiger partial charge in [-0.15, -0.1) is 0 Å². The molecule has 1 aromatic carbocycles. The smallest absolute Gasteiger partial charge is 0.0205 e. The molecule has 0 aliphatic heterocycles. The Bertz CT molecular complexity index is 381. The summed E-state index contributed by atoms with van der Waals surface area (Å²) in [5.74, 6) is 3.09. The first-order valence-electron chi connectivity index (χ1n) is 7.63. The topological polar surface area (TPSA) is 12.0 Å². The van der Waals surface area contributed by atoms with E-state index >= 15 is 0 Å². The minimum atomic E-state index is 0.971. The Kier molecular flexibility index (Phi) is 3.69. The molecule has 2 aliphatic carbocycles. The lowest BCUT2D eigenvalue weighted by Gasteiger charge is -2.21. The summed E-state index contributed by atoms with van der Waals surface area (Å²) in [5.41, 5.74) is 2.86. The Hall–Kier alpha value is -0.820. The van der Waals surface area contributed by atoms with Crippen molar-refractivity contribution >= 4 is 0 Å². The number of rotatable bonds is 5. The van der Waals surface area contributed by atoms with Crippen LogP contribution in [0, 0.1) is 17.8 Å². The van der Waals surface area contributed by atoms with Gasteiger partial charge in [-0.2, -0.15) is 0 Å². The highest BCUT2D eigenvalue weighted by Gasteiger charge is 2.38. The average Bonchev–Trinajstić information content (AvgIpc) is 3.02. The van der Waals surface area contributed by atoms with Gasteiger partial charge in [-0.05, 0) is 61.1 Å². The largest absolute Gasteiger partial charge is 0.312 e. The molecule has 98 valence electrons. The van der Waals surface area contributed by atoms with E-state index in [4.69, 9.17) is 0 Å². The van der Waals surface area contributed by atoms with Gasteiger partial charge in [-0.3, -0.25) is 0 Å². The van der Waals surface area contributed by atoms with Crippen molar-refractivity contribution in [3.8, 4) is 0 Å². The molecule has 0 saturated heterocycles. The van der Waals surface area contributed by atoms with Gasteiger partial charge in [0.05, 0.1) is 0 Å². The molecule has 1 N–H and O–H groups in total. The maximum absolute atomic E-state index is 3.67. The van der Waals surface area contributed by atoms with Gasteiger partial charge < -0.3 is 5.32 Å². The van der Waals surface area contributed by atoms with Crippen LogP contribution in [0.15, 0.2) is 24.3 Å². The molecule has 3 rings (SSSR count). The lowest BCUT2D eigenvalue weighted by molar-refractivity contribution is 0.318. The van der Waals surface area contributed by atoms with Crippen molar-refractivity contribution in [1.82, 2.24) is 5.32 Å². The first-order chi connectivity index (χ1) is 8.85. The van der Waals surface area contributed by atoms with E-state index in [1.165, 1.54) is 43.4 Å². The average molecular weight is 243 g/mol. The Morgan fingerprint density at radius 1 is 1.06 bits per heavy atom. The summed E-state index contributed by atoms with van der Waals surface area (Å²) in [4.78, 5) is 0. The highest BCUT2D eigenvalue weighted by atomic mass is 14.9. The van der Waals surface area contributed by atoms with Crippen LogP contribution in [0.3, 0.4) is 0 Å². The molecule has 0 heterocycles. The Morgan fingerprint density at radius 2 is 1.83 bits per heavy atom. The fourth-order valence-corrected chi connectivity index (χ4v) is 3.92. The predicted octanol–water partition coefficient (Wildman–Crippen LogP) is 3.77. The zero-order valence-electron chi connectivity index (χ0n) is 11.5. The highest BCUT2D eigenvalue weighted by Crippen LogP contribution is 2.47. The van der Waals surface area contributed by atoms with Crippen molar-refractivity contribution in [2.45, 2.75) is 45.6 Å². The second-order valence-electron chi connectivity index (χ2n) is 6.24. The SMILES string of the molecule is CCc1ccc(CNCC2CC3CCC2C3)cc1. The molecule has 2 fully saturated rings. The van der Waals surface area contributed by atoms with Crippen LogP contribution in [0.2, 0.25) is 0 Å². The molecule has 1 nitrogen and oxygen atoms in total. The van der Waals surface area contributed by atoms with Gasteiger partial charge in [0.1, 0.15) is 0 Å². The van der Waals surface area contributed by atoms with Crippen LogP contribution in [-0.2, 0) is 13.0 Å². The number of aryl methyl sites for hydroxylation is 1. The first kappa shape index (κ1) is 12.2. The van der Waals surface area contributed by atoms with Gasteiger partial charge in [0.25, 0.3) is 0 Å². The van der Waals surface area contributed by atoms with Crippen LogP contribution in [0.25, 0.3) is 0 Å². The number of hydrogen-bond acceptors (Lipinski definition) is 1. The van der Waals surface area contributed by atoms with Crippen molar-refractivity contribution < 1.29 is 0 Å². The second-order valence-corrected chi connectivity index (χ2v) is 6.24. The van der Waals surface area contributed by atoms with Gasteiger partial charge in [-0.1, -0.05) is 37.6 Å². The van der Waals surface area contributed by atoms with Crippen molar-refractivity contribution in [2.75, 3.05) is 6.54 Å².